The maximum Gasteiger partial charge on any atom is 0.0594 e. The van der Waals surface area contributed by atoms with E-state index in [0.717, 1.165) is 45.9 Å². The van der Waals surface area contributed by atoms with Crippen LogP contribution in [0.1, 0.15) is 6.92 Å². The normalized spacial score (nSPS) is 11.6. The van der Waals surface area contributed by atoms with Crippen LogP contribution >= 0.6 is 0 Å². The highest BCUT2D eigenvalue weighted by atomic mass is 16.5. The fraction of sp³-hybridized carbons (Fsp3) is 1.00. The number of rotatable bonds is 10. The molecule has 0 rings (SSSR count). The van der Waals surface area contributed by atoms with E-state index in [1.165, 1.54) is 0 Å². The summed E-state index contributed by atoms with van der Waals surface area (Å²) in [5.74, 6) is 0. The van der Waals surface area contributed by atoms with Crippen LogP contribution in [0.4, 0.5) is 0 Å². The van der Waals surface area contributed by atoms with E-state index in [1.54, 1.807) is 0 Å². The van der Waals surface area contributed by atoms with Crippen LogP contribution in [0, 0.1) is 0 Å². The minimum Gasteiger partial charge on any atom is -0.379 e. The van der Waals surface area contributed by atoms with Crippen molar-refractivity contribution in [2.24, 2.45) is 0 Å². The number of ether oxygens (including phenoxy) is 1. The van der Waals surface area contributed by atoms with Crippen molar-refractivity contribution < 1.29 is 4.74 Å². The zero-order valence-electron chi connectivity index (χ0n) is 10.8. The lowest BCUT2D eigenvalue weighted by atomic mass is 10.4. The molecule has 0 radical (unpaired) electrons. The van der Waals surface area contributed by atoms with Crippen molar-refractivity contribution in [3.63, 3.8) is 0 Å². The Morgan fingerprint density at radius 1 is 1.07 bits per heavy atom. The molecule has 4 nitrogen and oxygen atoms in total. The van der Waals surface area contributed by atoms with E-state index in [-0.39, 0.29) is 0 Å². The maximum absolute atomic E-state index is 5.50. The van der Waals surface area contributed by atoms with Crippen LogP contribution in [0.15, 0.2) is 0 Å². The molecule has 0 saturated heterocycles. The summed E-state index contributed by atoms with van der Waals surface area (Å²) in [6, 6.07) is 0. The van der Waals surface area contributed by atoms with Crippen LogP contribution in [-0.2, 0) is 4.74 Å². The highest BCUT2D eigenvalue weighted by Gasteiger charge is 2.02. The van der Waals surface area contributed by atoms with Crippen molar-refractivity contribution in [1.29, 1.82) is 0 Å². The summed E-state index contributed by atoms with van der Waals surface area (Å²) in [4.78, 5) is 4.63. The van der Waals surface area contributed by atoms with Crippen molar-refractivity contribution in [2.75, 3.05) is 67.1 Å². The highest BCUT2D eigenvalue weighted by Crippen LogP contribution is 1.89. The molecule has 0 unspecified atom stereocenters. The third kappa shape index (κ3) is 10.1. The molecule has 0 aromatic carbocycles. The van der Waals surface area contributed by atoms with Gasteiger partial charge in [0.2, 0.25) is 0 Å². The smallest absolute Gasteiger partial charge is 0.0594 e. The monoisotopic (exact) mass is 217 g/mol. The lowest BCUT2D eigenvalue weighted by molar-refractivity contribution is 0.105. The summed E-state index contributed by atoms with van der Waals surface area (Å²) in [6.07, 6.45) is 0. The fourth-order valence-corrected chi connectivity index (χ4v) is 1.24. The Balaban J connectivity index is 3.36. The Morgan fingerprint density at radius 2 is 1.80 bits per heavy atom. The summed E-state index contributed by atoms with van der Waals surface area (Å²) in [6.45, 7) is 9.15. The second-order valence-corrected chi connectivity index (χ2v) is 3.95. The molecule has 0 aromatic heterocycles. The van der Waals surface area contributed by atoms with Gasteiger partial charge >= 0.3 is 0 Å². The van der Waals surface area contributed by atoms with E-state index in [2.05, 4.69) is 36.1 Å². The highest BCUT2D eigenvalue weighted by molar-refractivity contribution is 4.57. The predicted molar refractivity (Wildman–Crippen MR) is 65.4 cm³/mol. The second-order valence-electron chi connectivity index (χ2n) is 3.95. The summed E-state index contributed by atoms with van der Waals surface area (Å²) < 4.78 is 5.50. The van der Waals surface area contributed by atoms with Gasteiger partial charge < -0.3 is 19.9 Å². The van der Waals surface area contributed by atoms with E-state index in [4.69, 9.17) is 4.74 Å². The average Bonchev–Trinajstić information content (AvgIpc) is 2.22. The van der Waals surface area contributed by atoms with Crippen molar-refractivity contribution in [3.8, 4) is 0 Å². The summed E-state index contributed by atoms with van der Waals surface area (Å²) in [5.41, 5.74) is 0. The largest absolute Gasteiger partial charge is 0.379 e. The topological polar surface area (TPSA) is 27.7 Å². The van der Waals surface area contributed by atoms with Crippen molar-refractivity contribution in [1.82, 2.24) is 15.1 Å². The molecule has 15 heavy (non-hydrogen) atoms. The van der Waals surface area contributed by atoms with Crippen LogP contribution < -0.4 is 5.32 Å². The quantitative estimate of drug-likeness (QED) is 0.526. The van der Waals surface area contributed by atoms with Crippen LogP contribution in [0.2, 0.25) is 0 Å². The van der Waals surface area contributed by atoms with Gasteiger partial charge in [-0.3, -0.25) is 0 Å². The fourth-order valence-electron chi connectivity index (χ4n) is 1.24. The van der Waals surface area contributed by atoms with Crippen molar-refractivity contribution >= 4 is 0 Å². The molecule has 0 aliphatic carbocycles. The predicted octanol–water partition coefficient (Wildman–Crippen LogP) is 0.106. The minimum absolute atomic E-state index is 0.807. The molecular weight excluding hydrogens is 190 g/mol. The molecule has 0 amide bonds. The number of nitrogens with one attached hydrogen (secondary N) is 1. The molecule has 0 spiro atoms. The molecule has 0 fully saturated rings. The molecule has 0 aromatic rings. The Hall–Kier alpha value is -0.160. The Kier molecular flexibility index (Phi) is 10.3. The Bertz CT molecular complexity index is 131. The summed E-state index contributed by atoms with van der Waals surface area (Å²) in [5, 5.41) is 3.06. The lowest BCUT2D eigenvalue weighted by Crippen LogP contribution is -2.34. The molecule has 0 heterocycles. The van der Waals surface area contributed by atoms with Gasteiger partial charge in [0.25, 0.3) is 0 Å². The van der Waals surface area contributed by atoms with E-state index >= 15 is 0 Å². The number of hydrogen-bond acceptors (Lipinski definition) is 4. The van der Waals surface area contributed by atoms with E-state index in [0.29, 0.717) is 0 Å². The molecule has 0 aliphatic rings. The van der Waals surface area contributed by atoms with Gasteiger partial charge in [-0.25, -0.2) is 0 Å². The lowest BCUT2D eigenvalue weighted by Gasteiger charge is -2.22. The van der Waals surface area contributed by atoms with Gasteiger partial charge in [0.05, 0.1) is 13.2 Å². The molecule has 4 heteroatoms. The third-order valence-electron chi connectivity index (χ3n) is 2.36. The zero-order valence-corrected chi connectivity index (χ0v) is 10.8. The first kappa shape index (κ1) is 14.8. The van der Waals surface area contributed by atoms with Gasteiger partial charge in [0, 0.05) is 26.2 Å². The van der Waals surface area contributed by atoms with Crippen molar-refractivity contribution in [2.45, 2.75) is 6.92 Å². The first-order valence-electron chi connectivity index (χ1n) is 5.80. The van der Waals surface area contributed by atoms with E-state index in [1.807, 2.05) is 7.05 Å². The van der Waals surface area contributed by atoms with Crippen LogP contribution in [0.25, 0.3) is 0 Å². The Labute approximate surface area is 94.6 Å². The summed E-state index contributed by atoms with van der Waals surface area (Å²) >= 11 is 0. The standard InChI is InChI=1S/C11H27N3O/c1-5-14(8-7-13(3)4)9-11-15-10-6-12-2/h12H,5-11H2,1-4H3. The first-order chi connectivity index (χ1) is 7.20. The third-order valence-corrected chi connectivity index (χ3v) is 2.36. The molecular formula is C11H27N3O. The number of nitrogens with zero attached hydrogens (tertiary/aromatic N) is 2. The molecule has 1 N–H and O–H groups in total. The molecule has 0 aliphatic heterocycles. The second kappa shape index (κ2) is 10.4. The van der Waals surface area contributed by atoms with E-state index < -0.39 is 0 Å². The molecule has 0 atom stereocenters. The minimum atomic E-state index is 0.807. The molecule has 0 bridgehead atoms. The van der Waals surface area contributed by atoms with Gasteiger partial charge in [-0.1, -0.05) is 6.92 Å². The average molecular weight is 217 g/mol. The number of likely N-dealkylation sites (N-methyl/N-ethyl adjacent to an activating group) is 3. The van der Waals surface area contributed by atoms with Gasteiger partial charge in [0.1, 0.15) is 0 Å². The van der Waals surface area contributed by atoms with Gasteiger partial charge in [-0.05, 0) is 27.7 Å². The van der Waals surface area contributed by atoms with Gasteiger partial charge in [-0.15, -0.1) is 0 Å². The SMILES string of the molecule is CCN(CCOCCNC)CCN(C)C. The van der Waals surface area contributed by atoms with Crippen LogP contribution in [-0.4, -0.2) is 76.9 Å². The first-order valence-corrected chi connectivity index (χ1v) is 5.80. The van der Waals surface area contributed by atoms with Gasteiger partial charge in [0.15, 0.2) is 0 Å². The summed E-state index contributed by atoms with van der Waals surface area (Å²) in [7, 11) is 6.16. The Morgan fingerprint density at radius 3 is 2.33 bits per heavy atom. The van der Waals surface area contributed by atoms with Crippen molar-refractivity contribution in [3.05, 3.63) is 0 Å². The van der Waals surface area contributed by atoms with E-state index in [9.17, 15) is 0 Å². The van der Waals surface area contributed by atoms with Gasteiger partial charge in [-0.2, -0.15) is 0 Å². The molecule has 0 saturated carbocycles. The maximum atomic E-state index is 5.50. The zero-order chi connectivity index (χ0) is 11.5. The van der Waals surface area contributed by atoms with Crippen LogP contribution in [0.5, 0.6) is 0 Å². The number of hydrogen-bond donors (Lipinski definition) is 1. The van der Waals surface area contributed by atoms with Crippen LogP contribution in [0.3, 0.4) is 0 Å². The molecule has 92 valence electrons.